The molecular formula is C9H8BClF4O. The summed E-state index contributed by atoms with van der Waals surface area (Å²) < 4.78 is 53.3. The summed E-state index contributed by atoms with van der Waals surface area (Å²) in [5, 5.41) is 0.107. The number of hydrogen-bond acceptors (Lipinski definition) is 1. The highest BCUT2D eigenvalue weighted by atomic mass is 35.5. The Morgan fingerprint density at radius 3 is 2.56 bits per heavy atom. The standard InChI is InChI=1S/C9H8BClF4O/c10-5-1-2-6(11)7(3-5)16-4-9(14,15)8(12)13/h1-3,8H,4,10H2. The van der Waals surface area contributed by atoms with Gasteiger partial charge in [-0.1, -0.05) is 23.1 Å². The lowest BCUT2D eigenvalue weighted by Crippen LogP contribution is -2.33. The van der Waals surface area contributed by atoms with Crippen LogP contribution >= 0.6 is 11.6 Å². The quantitative estimate of drug-likeness (QED) is 0.589. The van der Waals surface area contributed by atoms with Gasteiger partial charge < -0.3 is 4.74 Å². The molecule has 0 aliphatic carbocycles. The van der Waals surface area contributed by atoms with Crippen molar-refractivity contribution in [1.82, 2.24) is 0 Å². The fourth-order valence-electron chi connectivity index (χ4n) is 0.958. The molecule has 0 unspecified atom stereocenters. The van der Waals surface area contributed by atoms with Crippen molar-refractivity contribution in [2.45, 2.75) is 12.3 Å². The molecule has 7 heteroatoms. The first-order valence-electron chi connectivity index (χ1n) is 4.38. The van der Waals surface area contributed by atoms with Crippen LogP contribution < -0.4 is 10.2 Å². The monoisotopic (exact) mass is 254 g/mol. The van der Waals surface area contributed by atoms with Crippen LogP contribution in [0, 0.1) is 0 Å². The van der Waals surface area contributed by atoms with Gasteiger partial charge in [0.25, 0.3) is 0 Å². The van der Waals surface area contributed by atoms with E-state index < -0.39 is 19.0 Å². The summed E-state index contributed by atoms with van der Waals surface area (Å²) in [6.45, 7) is -1.40. The smallest absolute Gasteiger partial charge is 0.340 e. The first kappa shape index (κ1) is 13.2. The summed E-state index contributed by atoms with van der Waals surface area (Å²) in [4.78, 5) is 0. The molecule has 0 radical (unpaired) electrons. The Labute approximate surface area is 95.8 Å². The van der Waals surface area contributed by atoms with Gasteiger partial charge in [-0.2, -0.15) is 8.78 Å². The summed E-state index contributed by atoms with van der Waals surface area (Å²) in [6.07, 6.45) is -3.75. The maximum Gasteiger partial charge on any atom is 0.340 e. The second kappa shape index (κ2) is 4.95. The second-order valence-electron chi connectivity index (χ2n) is 3.28. The minimum atomic E-state index is -4.17. The molecule has 0 aliphatic rings. The molecule has 0 amide bonds. The number of alkyl halides is 4. The fraction of sp³-hybridized carbons (Fsp3) is 0.333. The van der Waals surface area contributed by atoms with Crippen molar-refractivity contribution in [1.29, 1.82) is 0 Å². The summed E-state index contributed by atoms with van der Waals surface area (Å²) in [5.41, 5.74) is 0.736. The molecule has 0 saturated heterocycles. The highest BCUT2D eigenvalue weighted by molar-refractivity contribution is 6.35. The molecule has 0 aromatic heterocycles. The van der Waals surface area contributed by atoms with Gasteiger partial charge in [0.1, 0.15) is 13.6 Å². The van der Waals surface area contributed by atoms with E-state index in [0.29, 0.717) is 0 Å². The van der Waals surface area contributed by atoms with Crippen LogP contribution in [0.15, 0.2) is 18.2 Å². The Morgan fingerprint density at radius 2 is 2.00 bits per heavy atom. The topological polar surface area (TPSA) is 9.23 Å². The lowest BCUT2D eigenvalue weighted by Gasteiger charge is -2.16. The van der Waals surface area contributed by atoms with E-state index in [1.807, 2.05) is 0 Å². The van der Waals surface area contributed by atoms with E-state index >= 15 is 0 Å². The van der Waals surface area contributed by atoms with Gasteiger partial charge in [0.05, 0.1) is 5.02 Å². The summed E-state index contributed by atoms with van der Waals surface area (Å²) in [6, 6.07) is 4.51. The minimum Gasteiger partial charge on any atom is -0.486 e. The molecule has 0 saturated carbocycles. The van der Waals surface area contributed by atoms with E-state index in [1.54, 1.807) is 13.9 Å². The van der Waals surface area contributed by atoms with Crippen LogP contribution in [0.25, 0.3) is 0 Å². The molecule has 0 spiro atoms. The maximum absolute atomic E-state index is 12.5. The molecule has 0 fully saturated rings. The molecule has 1 aromatic rings. The van der Waals surface area contributed by atoms with Crippen LogP contribution in [0.5, 0.6) is 5.75 Å². The van der Waals surface area contributed by atoms with Gasteiger partial charge in [-0.25, -0.2) is 8.78 Å². The molecule has 0 heterocycles. The minimum absolute atomic E-state index is 0.0259. The van der Waals surface area contributed by atoms with Crippen molar-refractivity contribution in [3.8, 4) is 5.75 Å². The molecule has 16 heavy (non-hydrogen) atoms. The van der Waals surface area contributed by atoms with E-state index in [0.717, 1.165) is 5.46 Å². The van der Waals surface area contributed by atoms with Gasteiger partial charge in [0, 0.05) is 0 Å². The van der Waals surface area contributed by atoms with Gasteiger partial charge in [0.15, 0.2) is 6.61 Å². The first-order valence-corrected chi connectivity index (χ1v) is 4.75. The van der Waals surface area contributed by atoms with E-state index in [9.17, 15) is 17.6 Å². The average molecular weight is 254 g/mol. The zero-order valence-electron chi connectivity index (χ0n) is 8.31. The van der Waals surface area contributed by atoms with E-state index in [2.05, 4.69) is 4.74 Å². The van der Waals surface area contributed by atoms with Gasteiger partial charge in [-0.05, 0) is 12.1 Å². The largest absolute Gasteiger partial charge is 0.486 e. The van der Waals surface area contributed by atoms with Crippen molar-refractivity contribution in [3.63, 3.8) is 0 Å². The van der Waals surface area contributed by atoms with Gasteiger partial charge in [0.2, 0.25) is 0 Å². The lowest BCUT2D eigenvalue weighted by molar-refractivity contribution is -0.148. The zero-order chi connectivity index (χ0) is 12.3. The molecule has 0 N–H and O–H groups in total. The van der Waals surface area contributed by atoms with Crippen LogP contribution in [-0.4, -0.2) is 26.8 Å². The average Bonchev–Trinajstić information content (AvgIpc) is 2.19. The Bertz CT molecular complexity index is 373. The zero-order valence-corrected chi connectivity index (χ0v) is 9.07. The second-order valence-corrected chi connectivity index (χ2v) is 3.69. The summed E-state index contributed by atoms with van der Waals surface area (Å²) >= 11 is 5.65. The molecule has 1 nitrogen and oxygen atoms in total. The predicted octanol–water partition coefficient (Wildman–Crippen LogP) is 1.88. The van der Waals surface area contributed by atoms with Gasteiger partial charge >= 0.3 is 12.3 Å². The Hall–Kier alpha value is -0.905. The number of rotatable bonds is 4. The molecule has 88 valence electrons. The Kier molecular flexibility index (Phi) is 4.07. The van der Waals surface area contributed by atoms with Crippen LogP contribution in [0.2, 0.25) is 5.02 Å². The highest BCUT2D eigenvalue weighted by Crippen LogP contribution is 2.27. The van der Waals surface area contributed by atoms with E-state index in [1.165, 1.54) is 12.1 Å². The number of halogens is 5. The normalized spacial score (nSPS) is 11.9. The summed E-state index contributed by atoms with van der Waals surface area (Å²) in [5.74, 6) is -4.20. The summed E-state index contributed by atoms with van der Waals surface area (Å²) in [7, 11) is 1.70. The van der Waals surface area contributed by atoms with Crippen molar-refractivity contribution in [2.75, 3.05) is 6.61 Å². The van der Waals surface area contributed by atoms with Crippen molar-refractivity contribution in [2.24, 2.45) is 0 Å². The van der Waals surface area contributed by atoms with E-state index in [-0.39, 0.29) is 10.8 Å². The molecule has 1 rings (SSSR count). The molecule has 0 atom stereocenters. The molecule has 0 bridgehead atoms. The molecule has 0 aliphatic heterocycles. The molecule has 1 aromatic carbocycles. The first-order chi connectivity index (χ1) is 7.33. The number of benzene rings is 1. The van der Waals surface area contributed by atoms with Crippen LogP contribution in [-0.2, 0) is 0 Å². The van der Waals surface area contributed by atoms with Gasteiger partial charge in [-0.15, -0.1) is 0 Å². The van der Waals surface area contributed by atoms with Crippen LogP contribution in [0.4, 0.5) is 17.6 Å². The SMILES string of the molecule is Bc1ccc(Cl)c(OCC(F)(F)C(F)F)c1. The lowest BCUT2D eigenvalue weighted by atomic mass is 9.96. The maximum atomic E-state index is 12.5. The third kappa shape index (κ3) is 3.30. The Balaban J connectivity index is 2.71. The number of ether oxygens (including phenoxy) is 1. The van der Waals surface area contributed by atoms with Crippen molar-refractivity contribution < 1.29 is 22.3 Å². The third-order valence-corrected chi connectivity index (χ3v) is 2.14. The third-order valence-electron chi connectivity index (χ3n) is 1.83. The number of hydrogen-bond donors (Lipinski definition) is 0. The van der Waals surface area contributed by atoms with Crippen molar-refractivity contribution in [3.05, 3.63) is 23.2 Å². The predicted molar refractivity (Wildman–Crippen MR) is 56.1 cm³/mol. The van der Waals surface area contributed by atoms with Crippen LogP contribution in [0.3, 0.4) is 0 Å². The highest BCUT2D eigenvalue weighted by Gasteiger charge is 2.41. The van der Waals surface area contributed by atoms with Crippen LogP contribution in [0.1, 0.15) is 0 Å². The van der Waals surface area contributed by atoms with Gasteiger partial charge in [-0.3, -0.25) is 0 Å². The molecular weight excluding hydrogens is 246 g/mol. The van der Waals surface area contributed by atoms with E-state index in [4.69, 9.17) is 11.6 Å². The Morgan fingerprint density at radius 1 is 1.38 bits per heavy atom. The van der Waals surface area contributed by atoms with Crippen molar-refractivity contribution >= 4 is 24.9 Å². The fourth-order valence-corrected chi connectivity index (χ4v) is 1.13.